The average Bonchev–Trinajstić information content (AvgIpc) is 3.00. The first kappa shape index (κ1) is 21.1. The monoisotopic (exact) mass is 401 g/mol. The van der Waals surface area contributed by atoms with Gasteiger partial charge in [0.15, 0.2) is 0 Å². The summed E-state index contributed by atoms with van der Waals surface area (Å²) in [4.78, 5) is 12.3. The number of benzene rings is 3. The molecule has 1 aliphatic rings. The molecule has 2 N–H and O–H groups in total. The third-order valence-corrected chi connectivity index (χ3v) is 4.96. The highest BCUT2D eigenvalue weighted by Crippen LogP contribution is 2.38. The van der Waals surface area contributed by atoms with Crippen molar-refractivity contribution in [2.45, 2.75) is 20.8 Å². The number of halogens is 1. The molecule has 30 heavy (non-hydrogen) atoms. The minimum atomic E-state index is -0.402. The Morgan fingerprint density at radius 2 is 1.67 bits per heavy atom. The minimum Gasteiger partial charge on any atom is -0.507 e. The summed E-state index contributed by atoms with van der Waals surface area (Å²) in [7, 11) is 0. The molecular formula is C26H24FNO2. The van der Waals surface area contributed by atoms with Gasteiger partial charge in [-0.1, -0.05) is 68.1 Å². The lowest BCUT2D eigenvalue weighted by Crippen LogP contribution is -2.03. The van der Waals surface area contributed by atoms with Gasteiger partial charge in [0.2, 0.25) is 0 Å². The van der Waals surface area contributed by atoms with Crippen molar-refractivity contribution in [3.63, 3.8) is 0 Å². The first-order valence-corrected chi connectivity index (χ1v) is 9.32. The van der Waals surface area contributed by atoms with Crippen LogP contribution in [-0.2, 0) is 4.79 Å². The topological polar surface area (TPSA) is 49.3 Å². The number of aromatic hydroxyl groups is 1. The van der Waals surface area contributed by atoms with E-state index in [2.05, 4.69) is 11.9 Å². The van der Waals surface area contributed by atoms with E-state index in [0.717, 1.165) is 11.1 Å². The van der Waals surface area contributed by atoms with Crippen LogP contribution in [0.2, 0.25) is 0 Å². The SMILES string of the molecule is C.C=C(C)C/C=C1\C(=O)Nc2cc(F)c(-c3ccc(-c4ccccc4O)cc3)cc21. The molecule has 0 unspecified atom stereocenters. The number of hydrogen-bond donors (Lipinski definition) is 2. The Morgan fingerprint density at radius 3 is 2.30 bits per heavy atom. The molecule has 0 atom stereocenters. The van der Waals surface area contributed by atoms with Gasteiger partial charge in [0.05, 0.1) is 5.69 Å². The second kappa shape index (κ2) is 8.37. The van der Waals surface area contributed by atoms with Crippen molar-refractivity contribution in [3.8, 4) is 28.0 Å². The van der Waals surface area contributed by atoms with Gasteiger partial charge in [-0.05, 0) is 42.7 Å². The molecule has 0 spiro atoms. The van der Waals surface area contributed by atoms with Crippen molar-refractivity contribution in [2.75, 3.05) is 5.32 Å². The predicted molar refractivity (Wildman–Crippen MR) is 122 cm³/mol. The van der Waals surface area contributed by atoms with Crippen molar-refractivity contribution in [3.05, 3.63) is 90.3 Å². The number of phenolic OH excluding ortho intramolecular Hbond substituents is 1. The summed E-state index contributed by atoms with van der Waals surface area (Å²) >= 11 is 0. The summed E-state index contributed by atoms with van der Waals surface area (Å²) in [6.07, 6.45) is 2.41. The van der Waals surface area contributed by atoms with Gasteiger partial charge in [-0.25, -0.2) is 4.39 Å². The molecule has 0 aromatic heterocycles. The molecule has 3 aromatic carbocycles. The van der Waals surface area contributed by atoms with Crippen LogP contribution in [0, 0.1) is 5.82 Å². The van der Waals surface area contributed by atoms with Crippen molar-refractivity contribution >= 4 is 17.2 Å². The fourth-order valence-electron chi connectivity index (χ4n) is 3.46. The van der Waals surface area contributed by atoms with Crippen molar-refractivity contribution in [1.82, 2.24) is 0 Å². The molecule has 1 aliphatic heterocycles. The average molecular weight is 401 g/mol. The van der Waals surface area contributed by atoms with Gasteiger partial charge < -0.3 is 10.4 Å². The van der Waals surface area contributed by atoms with Crippen molar-refractivity contribution in [2.24, 2.45) is 0 Å². The second-order valence-corrected chi connectivity index (χ2v) is 7.21. The number of amides is 1. The normalized spacial score (nSPS) is 13.5. The van der Waals surface area contributed by atoms with Crippen LogP contribution >= 0.6 is 0 Å². The highest BCUT2D eigenvalue weighted by molar-refractivity contribution is 6.31. The number of allylic oxidation sites excluding steroid dienone is 2. The molecule has 0 saturated carbocycles. The molecule has 0 fully saturated rings. The number of para-hydroxylation sites is 1. The van der Waals surface area contributed by atoms with E-state index in [1.165, 1.54) is 6.07 Å². The zero-order chi connectivity index (χ0) is 20.5. The second-order valence-electron chi connectivity index (χ2n) is 7.21. The third kappa shape index (κ3) is 3.90. The van der Waals surface area contributed by atoms with E-state index >= 15 is 0 Å². The Morgan fingerprint density at radius 1 is 1.03 bits per heavy atom. The molecular weight excluding hydrogens is 377 g/mol. The van der Waals surface area contributed by atoms with Gasteiger partial charge in [0, 0.05) is 22.3 Å². The Balaban J connectivity index is 0.00000256. The molecule has 1 amide bonds. The van der Waals surface area contributed by atoms with E-state index in [4.69, 9.17) is 0 Å². The molecule has 0 radical (unpaired) electrons. The first-order valence-electron chi connectivity index (χ1n) is 9.32. The van der Waals surface area contributed by atoms with Gasteiger partial charge in [-0.15, -0.1) is 0 Å². The Bertz CT molecular complexity index is 1160. The largest absolute Gasteiger partial charge is 0.507 e. The predicted octanol–water partition coefficient (Wildman–Crippen LogP) is 6.80. The number of anilines is 1. The maximum atomic E-state index is 14.8. The fraction of sp³-hybridized carbons (Fsp3) is 0.115. The number of rotatable bonds is 4. The van der Waals surface area contributed by atoms with Crippen LogP contribution in [-0.4, -0.2) is 11.0 Å². The lowest BCUT2D eigenvalue weighted by molar-refractivity contribution is -0.110. The van der Waals surface area contributed by atoms with E-state index in [9.17, 15) is 14.3 Å². The van der Waals surface area contributed by atoms with E-state index in [1.807, 2.05) is 49.4 Å². The number of fused-ring (bicyclic) bond motifs is 1. The zero-order valence-electron chi connectivity index (χ0n) is 16.0. The Kier molecular flexibility index (Phi) is 5.88. The van der Waals surface area contributed by atoms with Crippen LogP contribution in [0.4, 0.5) is 10.1 Å². The number of carbonyl (C=O) groups is 1. The van der Waals surface area contributed by atoms with Gasteiger partial charge >= 0.3 is 0 Å². The first-order chi connectivity index (χ1) is 13.9. The van der Waals surface area contributed by atoms with Crippen molar-refractivity contribution in [1.29, 1.82) is 0 Å². The van der Waals surface area contributed by atoms with Gasteiger partial charge in [-0.2, -0.15) is 0 Å². The molecule has 4 heteroatoms. The Hall–Kier alpha value is -3.66. The maximum absolute atomic E-state index is 14.8. The molecule has 3 nitrogen and oxygen atoms in total. The highest BCUT2D eigenvalue weighted by Gasteiger charge is 2.26. The molecule has 0 saturated heterocycles. The van der Waals surface area contributed by atoms with Crippen LogP contribution in [0.25, 0.3) is 27.8 Å². The summed E-state index contributed by atoms with van der Waals surface area (Å²) in [5, 5.41) is 12.8. The summed E-state index contributed by atoms with van der Waals surface area (Å²) in [6.45, 7) is 5.76. The van der Waals surface area contributed by atoms with Crippen molar-refractivity contribution < 1.29 is 14.3 Å². The molecule has 0 bridgehead atoms. The van der Waals surface area contributed by atoms with Gasteiger partial charge in [0.1, 0.15) is 11.6 Å². The van der Waals surface area contributed by atoms with Crippen LogP contribution < -0.4 is 5.32 Å². The molecule has 3 aromatic rings. The quantitative estimate of drug-likeness (QED) is 0.373. The maximum Gasteiger partial charge on any atom is 0.256 e. The fourth-order valence-corrected chi connectivity index (χ4v) is 3.46. The molecule has 152 valence electrons. The van der Waals surface area contributed by atoms with Crippen LogP contribution in [0.3, 0.4) is 0 Å². The van der Waals surface area contributed by atoms with Crippen LogP contribution in [0.1, 0.15) is 26.3 Å². The molecule has 1 heterocycles. The molecule has 4 rings (SSSR count). The lowest BCUT2D eigenvalue weighted by atomic mass is 9.96. The van der Waals surface area contributed by atoms with E-state index < -0.39 is 5.82 Å². The van der Waals surface area contributed by atoms with E-state index in [-0.39, 0.29) is 19.1 Å². The summed E-state index contributed by atoms with van der Waals surface area (Å²) in [5.74, 6) is -0.436. The summed E-state index contributed by atoms with van der Waals surface area (Å²) < 4.78 is 14.8. The standard InChI is InChI=1S/C25H20FNO2.CH4/c1-15(2)7-12-19-21-13-20(22(26)14-23(21)27-25(19)29)17-10-8-16(9-11-17)18-5-3-4-6-24(18)28;/h3-6,8-14,28H,1,7H2,2H3,(H,27,29);1H4/b19-12-;. The van der Waals surface area contributed by atoms with Crippen LogP contribution in [0.15, 0.2) is 78.9 Å². The smallest absolute Gasteiger partial charge is 0.256 e. The minimum absolute atomic E-state index is 0. The van der Waals surface area contributed by atoms with E-state index in [1.54, 1.807) is 18.2 Å². The lowest BCUT2D eigenvalue weighted by Gasteiger charge is -2.09. The number of carbonyl (C=O) groups excluding carboxylic acids is 1. The van der Waals surface area contributed by atoms with Gasteiger partial charge in [0.25, 0.3) is 5.91 Å². The Labute approximate surface area is 176 Å². The number of phenols is 1. The third-order valence-electron chi connectivity index (χ3n) is 4.96. The number of hydrogen-bond acceptors (Lipinski definition) is 2. The summed E-state index contributed by atoms with van der Waals surface area (Å²) in [5.41, 5.74) is 5.33. The number of nitrogens with one attached hydrogen (secondary N) is 1. The zero-order valence-corrected chi connectivity index (χ0v) is 16.0. The van der Waals surface area contributed by atoms with Gasteiger partial charge in [-0.3, -0.25) is 4.79 Å². The van der Waals surface area contributed by atoms with Crippen LogP contribution in [0.5, 0.6) is 5.75 Å². The highest BCUT2D eigenvalue weighted by atomic mass is 19.1. The molecule has 0 aliphatic carbocycles. The summed E-state index contributed by atoms with van der Waals surface area (Å²) in [6, 6.07) is 17.5. The van der Waals surface area contributed by atoms with E-state index in [0.29, 0.717) is 39.9 Å².